The molecule has 96 valence electrons. The monoisotopic (exact) mass is 254 g/mol. The molecular formula is C15H23ClO. The van der Waals surface area contributed by atoms with E-state index in [0.29, 0.717) is 5.92 Å². The van der Waals surface area contributed by atoms with Gasteiger partial charge in [0.1, 0.15) is 5.75 Å². The summed E-state index contributed by atoms with van der Waals surface area (Å²) in [4.78, 5) is 0. The van der Waals surface area contributed by atoms with Gasteiger partial charge in [-0.05, 0) is 36.3 Å². The van der Waals surface area contributed by atoms with Gasteiger partial charge in [-0.2, -0.15) is 0 Å². The van der Waals surface area contributed by atoms with Gasteiger partial charge >= 0.3 is 0 Å². The standard InChI is InChI=1S/C15H23ClO/c1-4-12(2)9-13(11-16)10-14-7-5-6-8-15(14)17-3/h5-8,12-13H,4,9-11H2,1-3H3. The molecule has 2 heteroatoms. The third kappa shape index (κ3) is 4.59. The van der Waals surface area contributed by atoms with E-state index in [0.717, 1.165) is 24.0 Å². The molecule has 0 bridgehead atoms. The molecular weight excluding hydrogens is 232 g/mol. The van der Waals surface area contributed by atoms with Crippen LogP contribution in [0.2, 0.25) is 0 Å². The van der Waals surface area contributed by atoms with E-state index in [4.69, 9.17) is 16.3 Å². The summed E-state index contributed by atoms with van der Waals surface area (Å²) in [6, 6.07) is 8.22. The van der Waals surface area contributed by atoms with E-state index in [1.807, 2.05) is 12.1 Å². The fraction of sp³-hybridized carbons (Fsp3) is 0.600. The molecule has 0 fully saturated rings. The lowest BCUT2D eigenvalue weighted by Crippen LogP contribution is -2.11. The normalized spacial score (nSPS) is 14.4. The van der Waals surface area contributed by atoms with E-state index in [1.165, 1.54) is 18.4 Å². The van der Waals surface area contributed by atoms with Gasteiger partial charge in [-0.25, -0.2) is 0 Å². The molecule has 2 atom stereocenters. The van der Waals surface area contributed by atoms with Crippen molar-refractivity contribution in [2.45, 2.75) is 33.1 Å². The van der Waals surface area contributed by atoms with E-state index in [-0.39, 0.29) is 0 Å². The number of ether oxygens (including phenoxy) is 1. The Balaban J connectivity index is 2.66. The number of rotatable bonds is 7. The minimum Gasteiger partial charge on any atom is -0.496 e. The van der Waals surface area contributed by atoms with Gasteiger partial charge in [-0.15, -0.1) is 11.6 Å². The third-order valence-corrected chi connectivity index (χ3v) is 3.79. The molecule has 0 radical (unpaired) electrons. The lowest BCUT2D eigenvalue weighted by Gasteiger charge is -2.19. The van der Waals surface area contributed by atoms with E-state index < -0.39 is 0 Å². The van der Waals surface area contributed by atoms with Gasteiger partial charge in [0.2, 0.25) is 0 Å². The van der Waals surface area contributed by atoms with Crippen LogP contribution in [-0.4, -0.2) is 13.0 Å². The Bertz CT molecular complexity index is 324. The smallest absolute Gasteiger partial charge is 0.122 e. The Morgan fingerprint density at radius 3 is 2.59 bits per heavy atom. The van der Waals surface area contributed by atoms with E-state index in [1.54, 1.807) is 7.11 Å². The first kappa shape index (κ1) is 14.4. The molecule has 1 aromatic carbocycles. The van der Waals surface area contributed by atoms with Crippen molar-refractivity contribution in [2.24, 2.45) is 11.8 Å². The molecule has 0 heterocycles. The predicted octanol–water partition coefficient (Wildman–Crippen LogP) is 4.53. The van der Waals surface area contributed by atoms with Crippen LogP contribution in [-0.2, 0) is 6.42 Å². The van der Waals surface area contributed by atoms with Crippen LogP contribution in [0.4, 0.5) is 0 Å². The summed E-state index contributed by atoms with van der Waals surface area (Å²) in [6.45, 7) is 4.53. The minimum absolute atomic E-state index is 0.544. The average molecular weight is 255 g/mol. The zero-order valence-electron chi connectivity index (χ0n) is 11.1. The maximum atomic E-state index is 6.07. The average Bonchev–Trinajstić information content (AvgIpc) is 2.38. The van der Waals surface area contributed by atoms with E-state index in [2.05, 4.69) is 26.0 Å². The highest BCUT2D eigenvalue weighted by atomic mass is 35.5. The summed E-state index contributed by atoms with van der Waals surface area (Å²) in [5.74, 6) is 2.99. The largest absolute Gasteiger partial charge is 0.496 e. The van der Waals surface area contributed by atoms with Crippen molar-refractivity contribution >= 4 is 11.6 Å². The highest BCUT2D eigenvalue weighted by Crippen LogP contribution is 2.25. The maximum absolute atomic E-state index is 6.07. The van der Waals surface area contributed by atoms with Crippen LogP contribution in [0.1, 0.15) is 32.3 Å². The molecule has 0 amide bonds. The molecule has 0 aliphatic heterocycles. The summed E-state index contributed by atoms with van der Waals surface area (Å²) < 4.78 is 5.38. The number of methoxy groups -OCH3 is 1. The number of para-hydroxylation sites is 1. The molecule has 0 aromatic heterocycles. The highest BCUT2D eigenvalue weighted by molar-refractivity contribution is 6.18. The fourth-order valence-corrected chi connectivity index (χ4v) is 2.35. The molecule has 17 heavy (non-hydrogen) atoms. The topological polar surface area (TPSA) is 9.23 Å². The summed E-state index contributed by atoms with van der Waals surface area (Å²) >= 11 is 6.07. The van der Waals surface area contributed by atoms with Crippen LogP contribution < -0.4 is 4.74 Å². The molecule has 1 aromatic rings. The van der Waals surface area contributed by atoms with Gasteiger partial charge in [0.05, 0.1) is 7.11 Å². The first-order chi connectivity index (χ1) is 8.21. The highest BCUT2D eigenvalue weighted by Gasteiger charge is 2.14. The van der Waals surface area contributed by atoms with Gasteiger partial charge in [-0.1, -0.05) is 38.5 Å². The maximum Gasteiger partial charge on any atom is 0.122 e. The van der Waals surface area contributed by atoms with Crippen LogP contribution in [0.15, 0.2) is 24.3 Å². The summed E-state index contributed by atoms with van der Waals surface area (Å²) in [7, 11) is 1.73. The molecule has 1 nitrogen and oxygen atoms in total. The third-order valence-electron chi connectivity index (χ3n) is 3.35. The Morgan fingerprint density at radius 2 is 2.00 bits per heavy atom. The number of halogens is 1. The number of hydrogen-bond acceptors (Lipinski definition) is 1. The summed E-state index contributed by atoms with van der Waals surface area (Å²) in [5, 5.41) is 0. The molecule has 0 aliphatic rings. The van der Waals surface area contributed by atoms with Crippen molar-refractivity contribution in [1.29, 1.82) is 0 Å². The Morgan fingerprint density at radius 1 is 1.29 bits per heavy atom. The molecule has 0 aliphatic carbocycles. The van der Waals surface area contributed by atoms with Crippen LogP contribution in [0.3, 0.4) is 0 Å². The van der Waals surface area contributed by atoms with Gasteiger partial charge in [-0.3, -0.25) is 0 Å². The molecule has 0 spiro atoms. The van der Waals surface area contributed by atoms with Crippen molar-refractivity contribution < 1.29 is 4.74 Å². The quantitative estimate of drug-likeness (QED) is 0.650. The lowest BCUT2D eigenvalue weighted by atomic mass is 9.90. The predicted molar refractivity (Wildman–Crippen MR) is 75.0 cm³/mol. The zero-order valence-corrected chi connectivity index (χ0v) is 11.8. The molecule has 2 unspecified atom stereocenters. The molecule has 0 saturated carbocycles. The van der Waals surface area contributed by atoms with Gasteiger partial charge in [0.25, 0.3) is 0 Å². The van der Waals surface area contributed by atoms with Crippen molar-refractivity contribution in [3.05, 3.63) is 29.8 Å². The van der Waals surface area contributed by atoms with Crippen LogP contribution in [0.25, 0.3) is 0 Å². The second kappa shape index (κ2) is 7.60. The van der Waals surface area contributed by atoms with Crippen molar-refractivity contribution in [3.63, 3.8) is 0 Å². The molecule has 0 saturated heterocycles. The Kier molecular flexibility index (Phi) is 6.43. The first-order valence-corrected chi connectivity index (χ1v) is 6.92. The number of benzene rings is 1. The van der Waals surface area contributed by atoms with Gasteiger partial charge in [0, 0.05) is 5.88 Å². The first-order valence-electron chi connectivity index (χ1n) is 6.39. The van der Waals surface area contributed by atoms with Crippen molar-refractivity contribution in [1.82, 2.24) is 0 Å². The Labute approximate surface area is 110 Å². The van der Waals surface area contributed by atoms with E-state index >= 15 is 0 Å². The molecule has 0 N–H and O–H groups in total. The van der Waals surface area contributed by atoms with Gasteiger partial charge in [0.15, 0.2) is 0 Å². The second-order valence-corrected chi connectivity index (χ2v) is 5.09. The van der Waals surface area contributed by atoms with Crippen LogP contribution in [0.5, 0.6) is 5.75 Å². The Hall–Kier alpha value is -0.690. The van der Waals surface area contributed by atoms with Crippen LogP contribution >= 0.6 is 11.6 Å². The number of hydrogen-bond donors (Lipinski definition) is 0. The minimum atomic E-state index is 0.544. The SMILES string of the molecule is CCC(C)CC(CCl)Cc1ccccc1OC. The van der Waals surface area contributed by atoms with E-state index in [9.17, 15) is 0 Å². The van der Waals surface area contributed by atoms with Crippen LogP contribution in [0, 0.1) is 11.8 Å². The van der Waals surface area contributed by atoms with Crippen molar-refractivity contribution in [2.75, 3.05) is 13.0 Å². The molecule has 1 rings (SSSR count). The lowest BCUT2D eigenvalue weighted by molar-refractivity contribution is 0.386. The number of alkyl halides is 1. The summed E-state index contributed by atoms with van der Waals surface area (Å²) in [6.07, 6.45) is 3.43. The zero-order chi connectivity index (χ0) is 12.7. The van der Waals surface area contributed by atoms with Crippen molar-refractivity contribution in [3.8, 4) is 5.75 Å². The fourth-order valence-electron chi connectivity index (χ4n) is 2.12. The summed E-state index contributed by atoms with van der Waals surface area (Å²) in [5.41, 5.74) is 1.27. The van der Waals surface area contributed by atoms with Gasteiger partial charge < -0.3 is 4.74 Å². The second-order valence-electron chi connectivity index (χ2n) is 4.79.